The van der Waals surface area contributed by atoms with Gasteiger partial charge in [0.05, 0.1) is 27.8 Å². The van der Waals surface area contributed by atoms with E-state index in [0.717, 1.165) is 5.56 Å². The molecule has 0 aromatic heterocycles. The third kappa shape index (κ3) is 2.73. The first kappa shape index (κ1) is 15.0. The second kappa shape index (κ2) is 5.56. The van der Waals surface area contributed by atoms with E-state index >= 15 is 0 Å². The van der Waals surface area contributed by atoms with E-state index < -0.39 is 5.82 Å². The Morgan fingerprint density at radius 3 is 2.30 bits per heavy atom. The summed E-state index contributed by atoms with van der Waals surface area (Å²) >= 11 is 17.9. The van der Waals surface area contributed by atoms with Crippen LogP contribution in [0.4, 0.5) is 27.1 Å². The monoisotopic (exact) mass is 333 g/mol. The number of benzene rings is 2. The minimum absolute atomic E-state index is 0.00557. The van der Waals surface area contributed by atoms with Crippen LogP contribution >= 0.6 is 34.8 Å². The second-order valence-electron chi connectivity index (χ2n) is 4.26. The van der Waals surface area contributed by atoms with Crippen LogP contribution in [0.2, 0.25) is 15.1 Å². The highest BCUT2D eigenvalue weighted by atomic mass is 35.5. The van der Waals surface area contributed by atoms with Crippen LogP contribution in [0.3, 0.4) is 0 Å². The van der Waals surface area contributed by atoms with Gasteiger partial charge in [0.15, 0.2) is 5.82 Å². The molecule has 3 nitrogen and oxygen atoms in total. The Morgan fingerprint density at radius 2 is 1.65 bits per heavy atom. The molecule has 0 fully saturated rings. The smallest absolute Gasteiger partial charge is 0.169 e. The van der Waals surface area contributed by atoms with Crippen LogP contribution in [0, 0.1) is 12.7 Å². The summed E-state index contributed by atoms with van der Waals surface area (Å²) in [6.45, 7) is 1.81. The van der Waals surface area contributed by atoms with E-state index in [2.05, 4.69) is 5.32 Å². The zero-order valence-electron chi connectivity index (χ0n) is 10.4. The number of aryl methyl sites for hydroxylation is 1. The Kier molecular flexibility index (Phi) is 4.18. The van der Waals surface area contributed by atoms with Crippen LogP contribution in [0.1, 0.15) is 5.56 Å². The molecule has 0 atom stereocenters. The van der Waals surface area contributed by atoms with Gasteiger partial charge in [-0.25, -0.2) is 4.39 Å². The fourth-order valence-corrected chi connectivity index (χ4v) is 2.25. The van der Waals surface area contributed by atoms with Gasteiger partial charge in [-0.2, -0.15) is 0 Å². The number of halogens is 4. The molecule has 0 saturated heterocycles. The van der Waals surface area contributed by atoms with Crippen LogP contribution in [0.25, 0.3) is 0 Å². The van der Waals surface area contributed by atoms with Gasteiger partial charge in [-0.15, -0.1) is 0 Å². The summed E-state index contributed by atoms with van der Waals surface area (Å²) in [7, 11) is 0. The van der Waals surface area contributed by atoms with E-state index in [9.17, 15) is 4.39 Å². The molecule has 0 heterocycles. The molecule has 20 heavy (non-hydrogen) atoms. The van der Waals surface area contributed by atoms with Gasteiger partial charge in [0.25, 0.3) is 0 Å². The van der Waals surface area contributed by atoms with Gasteiger partial charge in [0.2, 0.25) is 0 Å². The largest absolute Gasteiger partial charge is 0.397 e. The average molecular weight is 335 g/mol. The van der Waals surface area contributed by atoms with Crippen molar-refractivity contribution in [2.24, 2.45) is 0 Å². The van der Waals surface area contributed by atoms with Crippen LogP contribution < -0.4 is 16.8 Å². The summed E-state index contributed by atoms with van der Waals surface area (Å²) in [5.41, 5.74) is 12.7. The van der Waals surface area contributed by atoms with Crippen molar-refractivity contribution in [2.45, 2.75) is 6.92 Å². The standard InChI is InChI=1S/C13H11Cl3FN3/c1-5-2-7(15)10(3-6(5)14)20-13-9(19)4-8(18)11(16)12(13)17/h2-4,20H,18-19H2,1H3. The van der Waals surface area contributed by atoms with E-state index in [1.807, 2.05) is 6.92 Å². The average Bonchev–Trinajstić information content (AvgIpc) is 2.38. The van der Waals surface area contributed by atoms with Crippen LogP contribution in [0.5, 0.6) is 0 Å². The molecule has 0 amide bonds. The first-order valence-electron chi connectivity index (χ1n) is 5.57. The first-order chi connectivity index (χ1) is 9.31. The fourth-order valence-electron chi connectivity index (χ4n) is 1.67. The molecule has 7 heteroatoms. The summed E-state index contributed by atoms with van der Waals surface area (Å²) in [6.07, 6.45) is 0. The van der Waals surface area contributed by atoms with Crippen LogP contribution in [-0.2, 0) is 0 Å². The van der Waals surface area contributed by atoms with Gasteiger partial charge in [0, 0.05) is 5.02 Å². The normalized spacial score (nSPS) is 10.7. The molecule has 106 valence electrons. The molecule has 0 saturated carbocycles. The molecule has 0 aliphatic carbocycles. The number of anilines is 4. The highest BCUT2D eigenvalue weighted by Crippen LogP contribution is 2.38. The molecule has 0 bridgehead atoms. The van der Waals surface area contributed by atoms with Gasteiger partial charge >= 0.3 is 0 Å². The maximum absolute atomic E-state index is 14.1. The Hall–Kier alpha value is -1.36. The van der Waals surface area contributed by atoms with Crippen molar-refractivity contribution in [1.82, 2.24) is 0 Å². The van der Waals surface area contributed by atoms with Gasteiger partial charge in [-0.05, 0) is 30.7 Å². The van der Waals surface area contributed by atoms with Crippen molar-refractivity contribution in [3.8, 4) is 0 Å². The van der Waals surface area contributed by atoms with E-state index in [4.69, 9.17) is 46.3 Å². The highest BCUT2D eigenvalue weighted by molar-refractivity contribution is 6.36. The minimum atomic E-state index is -0.739. The van der Waals surface area contributed by atoms with Gasteiger partial charge in [-0.1, -0.05) is 34.8 Å². The Morgan fingerprint density at radius 1 is 1.00 bits per heavy atom. The molecule has 2 aromatic carbocycles. The first-order valence-corrected chi connectivity index (χ1v) is 6.70. The predicted molar refractivity (Wildman–Crippen MR) is 84.7 cm³/mol. The summed E-state index contributed by atoms with van der Waals surface area (Å²) in [5, 5.41) is 3.48. The lowest BCUT2D eigenvalue weighted by Crippen LogP contribution is -2.03. The maximum atomic E-state index is 14.1. The molecular weight excluding hydrogens is 324 g/mol. The molecule has 0 aliphatic rings. The lowest BCUT2D eigenvalue weighted by Gasteiger charge is -2.15. The van der Waals surface area contributed by atoms with Crippen molar-refractivity contribution in [1.29, 1.82) is 0 Å². The molecule has 2 aromatic rings. The summed E-state index contributed by atoms with van der Waals surface area (Å²) in [6, 6.07) is 4.62. The molecule has 5 N–H and O–H groups in total. The molecule has 0 unspecified atom stereocenters. The Bertz CT molecular complexity index is 689. The van der Waals surface area contributed by atoms with E-state index in [1.54, 1.807) is 12.1 Å². The Labute approximate surface area is 130 Å². The topological polar surface area (TPSA) is 64.1 Å². The lowest BCUT2D eigenvalue weighted by atomic mass is 10.2. The molecule has 2 rings (SSSR count). The summed E-state index contributed by atoms with van der Waals surface area (Å²) < 4.78 is 14.1. The van der Waals surface area contributed by atoms with Crippen molar-refractivity contribution < 1.29 is 4.39 Å². The summed E-state index contributed by atoms with van der Waals surface area (Å²) in [5.74, 6) is -0.739. The molecule has 0 radical (unpaired) electrons. The quantitative estimate of drug-likeness (QED) is 0.677. The third-order valence-corrected chi connectivity index (χ3v) is 3.88. The van der Waals surface area contributed by atoms with Crippen LogP contribution in [0.15, 0.2) is 18.2 Å². The zero-order valence-corrected chi connectivity index (χ0v) is 12.7. The Balaban J connectivity index is 2.51. The maximum Gasteiger partial charge on any atom is 0.169 e. The second-order valence-corrected chi connectivity index (χ2v) is 5.46. The lowest BCUT2D eigenvalue weighted by molar-refractivity contribution is 0.633. The molecular formula is C13H11Cl3FN3. The van der Waals surface area contributed by atoms with Crippen molar-refractivity contribution in [2.75, 3.05) is 16.8 Å². The third-order valence-electron chi connectivity index (χ3n) is 2.77. The van der Waals surface area contributed by atoms with Gasteiger partial charge in [-0.3, -0.25) is 0 Å². The number of hydrogen-bond donors (Lipinski definition) is 3. The fraction of sp³-hybridized carbons (Fsp3) is 0.0769. The van der Waals surface area contributed by atoms with Crippen LogP contribution in [-0.4, -0.2) is 0 Å². The predicted octanol–water partition coefficient (Wildman–Crippen LogP) is 5.00. The minimum Gasteiger partial charge on any atom is -0.397 e. The molecule has 0 aliphatic heterocycles. The number of nitrogen functional groups attached to an aromatic ring is 2. The van der Waals surface area contributed by atoms with Crippen molar-refractivity contribution in [3.63, 3.8) is 0 Å². The van der Waals surface area contributed by atoms with E-state index in [1.165, 1.54) is 6.07 Å². The zero-order chi connectivity index (χ0) is 15.0. The van der Waals surface area contributed by atoms with E-state index in [0.29, 0.717) is 15.7 Å². The number of rotatable bonds is 2. The number of hydrogen-bond acceptors (Lipinski definition) is 3. The van der Waals surface area contributed by atoms with E-state index in [-0.39, 0.29) is 22.1 Å². The molecule has 0 spiro atoms. The van der Waals surface area contributed by atoms with Gasteiger partial charge in [0.1, 0.15) is 5.02 Å². The SMILES string of the molecule is Cc1cc(Cl)c(Nc2c(N)cc(N)c(Cl)c2F)cc1Cl. The number of nitrogens with two attached hydrogens (primary N) is 2. The van der Waals surface area contributed by atoms with Crippen molar-refractivity contribution >= 4 is 57.6 Å². The number of nitrogens with one attached hydrogen (secondary N) is 1. The van der Waals surface area contributed by atoms with Gasteiger partial charge < -0.3 is 16.8 Å². The summed E-state index contributed by atoms with van der Waals surface area (Å²) in [4.78, 5) is 0. The highest BCUT2D eigenvalue weighted by Gasteiger charge is 2.16. The van der Waals surface area contributed by atoms with Crippen molar-refractivity contribution in [3.05, 3.63) is 44.6 Å².